The monoisotopic (exact) mass is 393 g/mol. The number of aryl methyl sites for hydroxylation is 2. The lowest BCUT2D eigenvalue weighted by Crippen LogP contribution is -2.16. The van der Waals surface area contributed by atoms with Gasteiger partial charge in [-0.3, -0.25) is 4.68 Å². The van der Waals surface area contributed by atoms with E-state index in [2.05, 4.69) is 29.4 Å². The number of nitrogens with zero attached hydrogens (tertiary/aromatic N) is 4. The van der Waals surface area contributed by atoms with Gasteiger partial charge in [0.1, 0.15) is 11.5 Å². The van der Waals surface area contributed by atoms with Gasteiger partial charge in [0.2, 0.25) is 0 Å². The quantitative estimate of drug-likeness (QED) is 0.622. The molecule has 0 aliphatic rings. The summed E-state index contributed by atoms with van der Waals surface area (Å²) in [5.74, 6) is 1.46. The number of methoxy groups -OCH3 is 2. The Hall–Kier alpha value is -2.25. The number of benzene rings is 1. The summed E-state index contributed by atoms with van der Waals surface area (Å²) in [4.78, 5) is 7.01. The molecule has 1 N–H and O–H groups in total. The van der Waals surface area contributed by atoms with Gasteiger partial charge in [-0.15, -0.1) is 12.4 Å². The van der Waals surface area contributed by atoms with E-state index in [1.54, 1.807) is 14.2 Å². The van der Waals surface area contributed by atoms with Crippen molar-refractivity contribution in [2.45, 2.75) is 13.3 Å². The van der Waals surface area contributed by atoms with Crippen molar-refractivity contribution in [3.05, 3.63) is 17.8 Å². The summed E-state index contributed by atoms with van der Waals surface area (Å²) >= 11 is 0. The van der Waals surface area contributed by atoms with Gasteiger partial charge in [-0.25, -0.2) is 4.98 Å². The molecule has 0 bridgehead atoms. The van der Waals surface area contributed by atoms with Gasteiger partial charge in [-0.1, -0.05) is 0 Å². The van der Waals surface area contributed by atoms with E-state index in [4.69, 9.17) is 14.5 Å². The standard InChI is InChI=1S/C19H27N5O2.ClH/c1-12-16-18(20-8-7-9-23(2)3)17-14(21-19(16)24(4)22-12)10-13(25-5)11-15(17)26-6;/h10-11H,7-9H2,1-6H3,(H,20,21);1H. The Morgan fingerprint density at radius 2 is 1.89 bits per heavy atom. The van der Waals surface area contributed by atoms with E-state index in [1.807, 2.05) is 30.8 Å². The average Bonchev–Trinajstić information content (AvgIpc) is 2.90. The molecular formula is C19H28ClN5O2. The van der Waals surface area contributed by atoms with E-state index in [-0.39, 0.29) is 12.4 Å². The first-order valence-corrected chi connectivity index (χ1v) is 8.74. The summed E-state index contributed by atoms with van der Waals surface area (Å²) in [7, 11) is 9.40. The predicted molar refractivity (Wildman–Crippen MR) is 113 cm³/mol. The van der Waals surface area contributed by atoms with Crippen molar-refractivity contribution in [1.82, 2.24) is 19.7 Å². The SMILES string of the molecule is COc1cc(OC)c2c(NCCCN(C)C)c3c(C)nn(C)c3nc2c1.Cl. The molecule has 0 saturated carbocycles. The van der Waals surface area contributed by atoms with Crippen molar-refractivity contribution < 1.29 is 9.47 Å². The number of hydrogen-bond donors (Lipinski definition) is 1. The van der Waals surface area contributed by atoms with Crippen LogP contribution in [0.4, 0.5) is 5.69 Å². The minimum Gasteiger partial charge on any atom is -0.497 e. The fourth-order valence-corrected chi connectivity index (χ4v) is 3.29. The fraction of sp³-hybridized carbons (Fsp3) is 0.474. The molecule has 3 aromatic rings. The maximum absolute atomic E-state index is 5.66. The first-order chi connectivity index (χ1) is 12.5. The van der Waals surface area contributed by atoms with Gasteiger partial charge >= 0.3 is 0 Å². The zero-order valence-corrected chi connectivity index (χ0v) is 17.6. The Bertz CT molecular complexity index is 939. The third-order valence-corrected chi connectivity index (χ3v) is 4.51. The molecule has 27 heavy (non-hydrogen) atoms. The molecular weight excluding hydrogens is 366 g/mol. The van der Waals surface area contributed by atoms with Crippen molar-refractivity contribution in [2.75, 3.05) is 46.7 Å². The van der Waals surface area contributed by atoms with Crippen LogP contribution in [0.3, 0.4) is 0 Å². The number of nitrogens with one attached hydrogen (secondary N) is 1. The second kappa shape index (κ2) is 8.63. The van der Waals surface area contributed by atoms with E-state index < -0.39 is 0 Å². The van der Waals surface area contributed by atoms with Crippen LogP contribution in [0.15, 0.2) is 12.1 Å². The van der Waals surface area contributed by atoms with Gasteiger partial charge in [0, 0.05) is 25.7 Å². The summed E-state index contributed by atoms with van der Waals surface area (Å²) in [6.45, 7) is 3.89. The Morgan fingerprint density at radius 3 is 2.52 bits per heavy atom. The van der Waals surface area contributed by atoms with Gasteiger partial charge < -0.3 is 19.7 Å². The molecule has 0 fully saturated rings. The van der Waals surface area contributed by atoms with Crippen LogP contribution in [-0.2, 0) is 7.05 Å². The molecule has 0 radical (unpaired) electrons. The normalized spacial score (nSPS) is 11.1. The molecule has 0 spiro atoms. The smallest absolute Gasteiger partial charge is 0.160 e. The van der Waals surface area contributed by atoms with Crippen LogP contribution in [0.2, 0.25) is 0 Å². The molecule has 0 saturated heterocycles. The maximum Gasteiger partial charge on any atom is 0.160 e. The summed E-state index contributed by atoms with van der Waals surface area (Å²) < 4.78 is 12.9. The van der Waals surface area contributed by atoms with Crippen molar-refractivity contribution in [2.24, 2.45) is 7.05 Å². The summed E-state index contributed by atoms with van der Waals surface area (Å²) in [6.07, 6.45) is 1.04. The highest BCUT2D eigenvalue weighted by Crippen LogP contribution is 2.40. The molecule has 0 unspecified atom stereocenters. The Labute approximate surface area is 166 Å². The number of halogens is 1. The summed E-state index contributed by atoms with van der Waals surface area (Å²) in [5.41, 5.74) is 3.64. The molecule has 0 amide bonds. The third-order valence-electron chi connectivity index (χ3n) is 4.51. The van der Waals surface area contributed by atoms with E-state index in [0.29, 0.717) is 0 Å². The Balaban J connectivity index is 0.00000261. The molecule has 0 aliphatic carbocycles. The predicted octanol–water partition coefficient (Wildman–Crippen LogP) is 3.23. The van der Waals surface area contributed by atoms with E-state index in [9.17, 15) is 0 Å². The Morgan fingerprint density at radius 1 is 1.15 bits per heavy atom. The van der Waals surface area contributed by atoms with E-state index in [1.165, 1.54) is 0 Å². The van der Waals surface area contributed by atoms with Crippen molar-refractivity contribution in [1.29, 1.82) is 0 Å². The van der Waals surface area contributed by atoms with Crippen LogP contribution in [0.25, 0.3) is 21.9 Å². The highest BCUT2D eigenvalue weighted by atomic mass is 35.5. The van der Waals surface area contributed by atoms with Gasteiger partial charge in [0.25, 0.3) is 0 Å². The van der Waals surface area contributed by atoms with Gasteiger partial charge in [-0.05, 0) is 34.0 Å². The van der Waals surface area contributed by atoms with Crippen LogP contribution >= 0.6 is 12.4 Å². The molecule has 1 aromatic carbocycles. The molecule has 3 rings (SSSR count). The van der Waals surface area contributed by atoms with Crippen LogP contribution in [-0.4, -0.2) is 61.1 Å². The zero-order chi connectivity index (χ0) is 18.8. The van der Waals surface area contributed by atoms with Crippen LogP contribution in [0.5, 0.6) is 11.5 Å². The number of rotatable bonds is 7. The maximum atomic E-state index is 5.66. The largest absolute Gasteiger partial charge is 0.497 e. The Kier molecular flexibility index (Phi) is 6.73. The molecule has 8 heteroatoms. The lowest BCUT2D eigenvalue weighted by molar-refractivity contribution is 0.398. The van der Waals surface area contributed by atoms with Crippen LogP contribution in [0.1, 0.15) is 12.1 Å². The molecule has 0 atom stereocenters. The van der Waals surface area contributed by atoms with Gasteiger partial charge in [0.15, 0.2) is 5.65 Å². The first kappa shape index (κ1) is 21.1. The molecule has 0 aliphatic heterocycles. The number of aromatic nitrogens is 3. The summed E-state index contributed by atoms with van der Waals surface area (Å²) in [6, 6.07) is 3.83. The second-order valence-corrected chi connectivity index (χ2v) is 6.70. The van der Waals surface area contributed by atoms with E-state index >= 15 is 0 Å². The number of hydrogen-bond acceptors (Lipinski definition) is 6. The van der Waals surface area contributed by atoms with Crippen LogP contribution < -0.4 is 14.8 Å². The molecule has 148 valence electrons. The molecule has 2 heterocycles. The first-order valence-electron chi connectivity index (χ1n) is 8.74. The van der Waals surface area contributed by atoms with Crippen molar-refractivity contribution in [3.63, 3.8) is 0 Å². The zero-order valence-electron chi connectivity index (χ0n) is 16.8. The number of ether oxygens (including phenoxy) is 2. The molecule has 7 nitrogen and oxygen atoms in total. The minimum atomic E-state index is 0. The fourth-order valence-electron chi connectivity index (χ4n) is 3.29. The van der Waals surface area contributed by atoms with Crippen molar-refractivity contribution >= 4 is 40.0 Å². The minimum absolute atomic E-state index is 0. The van der Waals surface area contributed by atoms with Gasteiger partial charge in [0.05, 0.1) is 41.9 Å². The highest BCUT2D eigenvalue weighted by molar-refractivity contribution is 6.10. The number of fused-ring (bicyclic) bond motifs is 2. The number of pyridine rings is 1. The lowest BCUT2D eigenvalue weighted by Gasteiger charge is -2.16. The number of anilines is 1. The summed E-state index contributed by atoms with van der Waals surface area (Å²) in [5, 5.41) is 10.2. The lowest BCUT2D eigenvalue weighted by atomic mass is 10.1. The second-order valence-electron chi connectivity index (χ2n) is 6.70. The molecule has 2 aromatic heterocycles. The topological polar surface area (TPSA) is 64.4 Å². The third kappa shape index (κ3) is 4.04. The van der Waals surface area contributed by atoms with Crippen molar-refractivity contribution in [3.8, 4) is 11.5 Å². The van der Waals surface area contributed by atoms with Crippen LogP contribution in [0, 0.1) is 6.92 Å². The highest BCUT2D eigenvalue weighted by Gasteiger charge is 2.19. The van der Waals surface area contributed by atoms with E-state index in [0.717, 1.165) is 64.3 Å². The average molecular weight is 394 g/mol. The van der Waals surface area contributed by atoms with Gasteiger partial charge in [-0.2, -0.15) is 5.10 Å².